The average molecular weight is 387 g/mol. The molecule has 1 fully saturated rings. The van der Waals surface area contributed by atoms with Crippen LogP contribution in [0.15, 0.2) is 41.3 Å². The van der Waals surface area contributed by atoms with E-state index in [0.717, 1.165) is 11.1 Å². The van der Waals surface area contributed by atoms with Crippen LogP contribution in [-0.4, -0.2) is 51.3 Å². The largest absolute Gasteiger partial charge is 0.444 e. The van der Waals surface area contributed by atoms with Crippen LogP contribution in [0.1, 0.15) is 32.8 Å². The monoisotopic (exact) mass is 387 g/mol. The number of amides is 2. The Labute approximate surface area is 163 Å². The number of carbonyl (C=O) groups excluding carboxylic acids is 2. The number of aliphatic hydroxyl groups excluding tert-OH is 1. The van der Waals surface area contributed by atoms with Crippen LogP contribution in [0, 0.1) is 0 Å². The molecule has 150 valence electrons. The molecule has 0 spiro atoms. The number of nitrogens with one attached hydrogen (secondary N) is 1. The van der Waals surface area contributed by atoms with Crippen molar-refractivity contribution in [2.24, 2.45) is 0 Å². The summed E-state index contributed by atoms with van der Waals surface area (Å²) in [5, 5.41) is 12.8. The van der Waals surface area contributed by atoms with E-state index in [1.807, 2.05) is 24.3 Å². The third kappa shape index (κ3) is 4.89. The van der Waals surface area contributed by atoms with E-state index in [-0.39, 0.29) is 18.9 Å². The second-order valence-electron chi connectivity index (χ2n) is 7.82. The van der Waals surface area contributed by atoms with Gasteiger partial charge in [-0.15, -0.1) is 0 Å². The van der Waals surface area contributed by atoms with Crippen molar-refractivity contribution in [3.63, 3.8) is 0 Å². The molecule has 0 aliphatic carbocycles. The number of likely N-dealkylation sites (tertiary alicyclic amines) is 1. The van der Waals surface area contributed by atoms with Crippen molar-refractivity contribution in [1.82, 2.24) is 15.2 Å². The summed E-state index contributed by atoms with van der Waals surface area (Å²) >= 11 is 0. The predicted octanol–water partition coefficient (Wildman–Crippen LogP) is 2.33. The zero-order chi connectivity index (χ0) is 20.3. The Balaban J connectivity index is 1.59. The first-order valence-corrected chi connectivity index (χ1v) is 9.16. The van der Waals surface area contributed by atoms with Gasteiger partial charge >= 0.3 is 6.09 Å². The van der Waals surface area contributed by atoms with E-state index < -0.39 is 23.8 Å². The third-order valence-corrected chi connectivity index (χ3v) is 4.35. The van der Waals surface area contributed by atoms with Gasteiger partial charge < -0.3 is 19.6 Å². The first-order valence-electron chi connectivity index (χ1n) is 9.16. The molecule has 2 heterocycles. The van der Waals surface area contributed by atoms with Gasteiger partial charge in [-0.1, -0.05) is 24.3 Å². The molecule has 2 amide bonds. The lowest BCUT2D eigenvalue weighted by molar-refractivity contribution is -0.125. The maximum Gasteiger partial charge on any atom is 0.411 e. The summed E-state index contributed by atoms with van der Waals surface area (Å²) in [4.78, 5) is 30.1. The molecule has 8 heteroatoms. The van der Waals surface area contributed by atoms with E-state index in [9.17, 15) is 14.7 Å². The van der Waals surface area contributed by atoms with Gasteiger partial charge in [0.2, 0.25) is 5.91 Å². The number of β-amino-alcohol motifs (C(OH)–C–C–N with tert-alkyl or cyclic N) is 1. The minimum Gasteiger partial charge on any atom is -0.444 e. The molecular formula is C20H25N3O5. The van der Waals surface area contributed by atoms with Crippen molar-refractivity contribution in [1.29, 1.82) is 0 Å². The molecule has 3 rings (SSSR count). The second kappa shape index (κ2) is 8.02. The summed E-state index contributed by atoms with van der Waals surface area (Å²) in [6.45, 7) is 5.67. The van der Waals surface area contributed by atoms with Crippen LogP contribution >= 0.6 is 0 Å². The Kier molecular flexibility index (Phi) is 5.69. The molecule has 0 bridgehead atoms. The van der Waals surface area contributed by atoms with Crippen molar-refractivity contribution in [3.8, 4) is 11.3 Å². The molecule has 1 aliphatic heterocycles. The minimum absolute atomic E-state index is 0.0822. The van der Waals surface area contributed by atoms with Crippen molar-refractivity contribution in [2.75, 3.05) is 6.54 Å². The number of hydrogen-bond donors (Lipinski definition) is 2. The molecule has 1 aliphatic rings. The molecule has 1 saturated heterocycles. The highest BCUT2D eigenvalue weighted by Crippen LogP contribution is 2.22. The molecule has 2 atom stereocenters. The standard InChI is InChI=1S/C20H25N3O5/c1-20(2,3)28-19(26)23-11-15(24)8-16(23)18(25)22-9-13-4-6-14(7-5-13)17-10-21-12-27-17/h4-7,10,12,15-16,24H,8-9,11H2,1-3H3,(H,22,25)/t15-,16+/m1/s1. The Morgan fingerprint density at radius 1 is 1.32 bits per heavy atom. The molecule has 0 saturated carbocycles. The third-order valence-electron chi connectivity index (χ3n) is 4.35. The first-order chi connectivity index (χ1) is 13.2. The topological polar surface area (TPSA) is 105 Å². The number of ether oxygens (including phenoxy) is 1. The Hall–Kier alpha value is -2.87. The van der Waals surface area contributed by atoms with Crippen LogP contribution in [-0.2, 0) is 16.1 Å². The van der Waals surface area contributed by atoms with Crippen LogP contribution in [0.5, 0.6) is 0 Å². The fourth-order valence-corrected chi connectivity index (χ4v) is 3.04. The van der Waals surface area contributed by atoms with Gasteiger partial charge in [0, 0.05) is 18.5 Å². The summed E-state index contributed by atoms with van der Waals surface area (Å²) in [7, 11) is 0. The van der Waals surface area contributed by atoms with E-state index in [0.29, 0.717) is 12.3 Å². The zero-order valence-corrected chi connectivity index (χ0v) is 16.2. The summed E-state index contributed by atoms with van der Waals surface area (Å²) < 4.78 is 10.6. The summed E-state index contributed by atoms with van der Waals surface area (Å²) in [6.07, 6.45) is 1.85. The zero-order valence-electron chi connectivity index (χ0n) is 16.2. The molecule has 0 unspecified atom stereocenters. The quantitative estimate of drug-likeness (QED) is 0.834. The SMILES string of the molecule is CC(C)(C)OC(=O)N1C[C@H](O)C[C@H]1C(=O)NCc1ccc(-c2cnco2)cc1. The van der Waals surface area contributed by atoms with Gasteiger partial charge in [-0.25, -0.2) is 9.78 Å². The number of benzene rings is 1. The number of carbonyl (C=O) groups is 2. The van der Waals surface area contributed by atoms with E-state index >= 15 is 0 Å². The van der Waals surface area contributed by atoms with E-state index in [1.165, 1.54) is 11.3 Å². The van der Waals surface area contributed by atoms with Crippen molar-refractivity contribution >= 4 is 12.0 Å². The Bertz CT molecular complexity index is 811. The molecular weight excluding hydrogens is 362 g/mol. The Morgan fingerprint density at radius 2 is 2.04 bits per heavy atom. The second-order valence-corrected chi connectivity index (χ2v) is 7.82. The fraction of sp³-hybridized carbons (Fsp3) is 0.450. The molecule has 28 heavy (non-hydrogen) atoms. The molecule has 8 nitrogen and oxygen atoms in total. The molecule has 2 aromatic rings. The van der Waals surface area contributed by atoms with Crippen LogP contribution in [0.2, 0.25) is 0 Å². The normalized spacial score (nSPS) is 19.5. The van der Waals surface area contributed by atoms with E-state index in [1.54, 1.807) is 27.0 Å². The highest BCUT2D eigenvalue weighted by molar-refractivity contribution is 5.86. The maximum absolute atomic E-state index is 12.6. The van der Waals surface area contributed by atoms with Crippen LogP contribution in [0.3, 0.4) is 0 Å². The number of hydrogen-bond acceptors (Lipinski definition) is 6. The van der Waals surface area contributed by atoms with E-state index in [4.69, 9.17) is 9.15 Å². The van der Waals surface area contributed by atoms with Crippen molar-refractivity contribution in [3.05, 3.63) is 42.4 Å². The number of oxazole rings is 1. The van der Waals surface area contributed by atoms with Crippen molar-refractivity contribution < 1.29 is 23.8 Å². The van der Waals surface area contributed by atoms with Gasteiger partial charge in [-0.2, -0.15) is 0 Å². The minimum atomic E-state index is -0.752. The average Bonchev–Trinajstić information content (AvgIpc) is 3.28. The fourth-order valence-electron chi connectivity index (χ4n) is 3.04. The number of nitrogens with zero attached hydrogens (tertiary/aromatic N) is 2. The maximum atomic E-state index is 12.6. The van der Waals surface area contributed by atoms with Gasteiger partial charge in [0.15, 0.2) is 12.2 Å². The van der Waals surface area contributed by atoms with Crippen molar-refractivity contribution in [2.45, 2.75) is 51.5 Å². The van der Waals surface area contributed by atoms with Gasteiger partial charge in [0.05, 0.1) is 18.8 Å². The molecule has 1 aromatic carbocycles. The summed E-state index contributed by atoms with van der Waals surface area (Å²) in [5.41, 5.74) is 1.12. The predicted molar refractivity (Wildman–Crippen MR) is 101 cm³/mol. The molecule has 1 aromatic heterocycles. The van der Waals surface area contributed by atoms with Gasteiger partial charge in [0.1, 0.15) is 11.6 Å². The van der Waals surface area contributed by atoms with Crippen LogP contribution < -0.4 is 5.32 Å². The lowest BCUT2D eigenvalue weighted by Crippen LogP contribution is -2.47. The van der Waals surface area contributed by atoms with Crippen LogP contribution in [0.25, 0.3) is 11.3 Å². The molecule has 2 N–H and O–H groups in total. The lowest BCUT2D eigenvalue weighted by atomic mass is 10.1. The highest BCUT2D eigenvalue weighted by Gasteiger charge is 2.40. The van der Waals surface area contributed by atoms with Gasteiger partial charge in [0.25, 0.3) is 0 Å². The highest BCUT2D eigenvalue weighted by atomic mass is 16.6. The van der Waals surface area contributed by atoms with Gasteiger partial charge in [-0.05, 0) is 26.3 Å². The number of aliphatic hydroxyl groups is 1. The number of aromatic nitrogens is 1. The first kappa shape index (κ1) is 19.9. The Morgan fingerprint density at radius 3 is 2.64 bits per heavy atom. The molecule has 0 radical (unpaired) electrons. The van der Waals surface area contributed by atoms with Crippen LogP contribution in [0.4, 0.5) is 4.79 Å². The van der Waals surface area contributed by atoms with E-state index in [2.05, 4.69) is 10.3 Å². The smallest absolute Gasteiger partial charge is 0.411 e. The van der Waals surface area contributed by atoms with Gasteiger partial charge in [-0.3, -0.25) is 9.69 Å². The summed E-state index contributed by atoms with van der Waals surface area (Å²) in [5.74, 6) is 0.352. The number of rotatable bonds is 4. The lowest BCUT2D eigenvalue weighted by Gasteiger charge is -2.27. The summed E-state index contributed by atoms with van der Waals surface area (Å²) in [6, 6.07) is 6.78.